The van der Waals surface area contributed by atoms with Gasteiger partial charge in [0.15, 0.2) is 17.7 Å². The van der Waals surface area contributed by atoms with Gasteiger partial charge >= 0.3 is 5.97 Å². The Morgan fingerprint density at radius 2 is 1.79 bits per heavy atom. The van der Waals surface area contributed by atoms with E-state index in [4.69, 9.17) is 0 Å². The molecule has 5 nitrogen and oxygen atoms in total. The third-order valence-corrected chi connectivity index (χ3v) is 4.75. The fraction of sp³-hybridized carbons (Fsp3) is 0.105. The topological polar surface area (TPSA) is 79.3 Å². The van der Waals surface area contributed by atoms with Crippen LogP contribution in [0.15, 0.2) is 47.8 Å². The number of benzene rings is 2. The molecule has 0 spiro atoms. The van der Waals surface area contributed by atoms with Crippen molar-refractivity contribution in [2.45, 2.75) is 12.5 Å². The molecule has 1 unspecified atom stereocenters. The summed E-state index contributed by atoms with van der Waals surface area (Å²) in [6.45, 7) is 0. The van der Waals surface area contributed by atoms with Gasteiger partial charge in [-0.2, -0.15) is 0 Å². The molecule has 2 aromatic carbocycles. The van der Waals surface area contributed by atoms with Gasteiger partial charge in [-0.05, 0) is 42.0 Å². The van der Waals surface area contributed by atoms with Crippen molar-refractivity contribution in [1.29, 1.82) is 0 Å². The number of amides is 1. The lowest BCUT2D eigenvalue weighted by atomic mass is 10.1. The molecule has 3 aromatic rings. The summed E-state index contributed by atoms with van der Waals surface area (Å²) in [6.07, 6.45) is -0.203. The lowest BCUT2D eigenvalue weighted by Gasteiger charge is -2.14. The number of carbonyl (C=O) groups is 2. The molecule has 0 saturated heterocycles. The monoisotopic (exact) mass is 406 g/mol. The maximum Gasteiger partial charge on any atom is 0.330 e. The van der Waals surface area contributed by atoms with E-state index in [1.54, 1.807) is 17.5 Å². The van der Waals surface area contributed by atoms with Gasteiger partial charge in [0.1, 0.15) is 10.8 Å². The summed E-state index contributed by atoms with van der Waals surface area (Å²) >= 11 is 1.25. The van der Waals surface area contributed by atoms with Crippen LogP contribution in [0, 0.1) is 17.5 Å². The van der Waals surface area contributed by atoms with Gasteiger partial charge in [-0.15, -0.1) is 11.3 Å². The number of hydrogen-bond acceptors (Lipinski definition) is 4. The fourth-order valence-electron chi connectivity index (χ4n) is 2.47. The quantitative estimate of drug-likeness (QED) is 0.654. The fourth-order valence-corrected chi connectivity index (χ4v) is 3.30. The summed E-state index contributed by atoms with van der Waals surface area (Å²) in [7, 11) is 0. The number of carbonyl (C=O) groups excluding carboxylic acids is 1. The van der Waals surface area contributed by atoms with Gasteiger partial charge in [0.2, 0.25) is 5.91 Å². The van der Waals surface area contributed by atoms with Crippen LogP contribution in [-0.4, -0.2) is 22.0 Å². The highest BCUT2D eigenvalue weighted by molar-refractivity contribution is 7.13. The van der Waals surface area contributed by atoms with Crippen LogP contribution in [0.1, 0.15) is 17.3 Å². The Morgan fingerprint density at radius 3 is 2.43 bits per heavy atom. The van der Waals surface area contributed by atoms with Crippen molar-refractivity contribution >= 4 is 23.2 Å². The maximum absolute atomic E-state index is 13.4. The first-order valence-electron chi connectivity index (χ1n) is 8.01. The van der Waals surface area contributed by atoms with Gasteiger partial charge < -0.3 is 10.4 Å². The number of nitrogens with one attached hydrogen (secondary N) is 1. The molecule has 0 aliphatic heterocycles. The largest absolute Gasteiger partial charge is 0.479 e. The standard InChI is InChI=1S/C19H13F3N2O3S/c20-12-4-1-10(2-5-12)18-23-13(9-28-18)8-16(25)24-17(19(26)27)11-3-6-14(21)15(22)7-11/h1-7,9,17H,8H2,(H,24,25)(H,26,27). The predicted molar refractivity (Wildman–Crippen MR) is 96.1 cm³/mol. The zero-order valence-electron chi connectivity index (χ0n) is 14.2. The van der Waals surface area contributed by atoms with E-state index in [0.29, 0.717) is 16.3 Å². The zero-order valence-corrected chi connectivity index (χ0v) is 15.0. The highest BCUT2D eigenvalue weighted by Gasteiger charge is 2.23. The first-order valence-corrected chi connectivity index (χ1v) is 8.89. The average Bonchev–Trinajstić information content (AvgIpc) is 3.11. The zero-order chi connectivity index (χ0) is 20.3. The smallest absolute Gasteiger partial charge is 0.330 e. The third-order valence-electron chi connectivity index (χ3n) is 3.81. The van der Waals surface area contributed by atoms with Gasteiger partial charge in [0.05, 0.1) is 12.1 Å². The molecular weight excluding hydrogens is 393 g/mol. The minimum Gasteiger partial charge on any atom is -0.479 e. The van der Waals surface area contributed by atoms with Crippen LogP contribution < -0.4 is 5.32 Å². The molecular formula is C19H13F3N2O3S. The van der Waals surface area contributed by atoms with Crippen molar-refractivity contribution in [1.82, 2.24) is 10.3 Å². The number of carboxylic acid groups (broad SMARTS) is 1. The number of carboxylic acids is 1. The van der Waals surface area contributed by atoms with Crippen LogP contribution in [0.25, 0.3) is 10.6 Å². The molecule has 0 fully saturated rings. The lowest BCUT2D eigenvalue weighted by molar-refractivity contribution is -0.142. The van der Waals surface area contributed by atoms with Crippen LogP contribution in [0.5, 0.6) is 0 Å². The van der Waals surface area contributed by atoms with Crippen molar-refractivity contribution < 1.29 is 27.9 Å². The second-order valence-electron chi connectivity index (χ2n) is 5.84. The molecule has 0 aliphatic rings. The molecule has 0 saturated carbocycles. The van der Waals surface area contributed by atoms with Crippen molar-refractivity contribution in [2.75, 3.05) is 0 Å². The Labute approximate surface area is 161 Å². The van der Waals surface area contributed by atoms with E-state index in [-0.39, 0.29) is 17.8 Å². The SMILES string of the molecule is O=C(Cc1csc(-c2ccc(F)cc2)n1)NC(C(=O)O)c1ccc(F)c(F)c1. The Balaban J connectivity index is 1.70. The number of thiazole rings is 1. The van der Waals surface area contributed by atoms with Gasteiger partial charge in [-0.3, -0.25) is 4.79 Å². The molecule has 3 rings (SSSR count). The summed E-state index contributed by atoms with van der Waals surface area (Å²) in [5.74, 6) is -4.76. The molecule has 1 atom stereocenters. The number of aromatic nitrogens is 1. The average molecular weight is 406 g/mol. The summed E-state index contributed by atoms with van der Waals surface area (Å²) in [5, 5.41) is 13.8. The van der Waals surface area contributed by atoms with Gasteiger partial charge in [0.25, 0.3) is 0 Å². The Hall–Kier alpha value is -3.20. The number of nitrogens with zero attached hydrogens (tertiary/aromatic N) is 1. The summed E-state index contributed by atoms with van der Waals surface area (Å²) in [6, 6.07) is 6.78. The van der Waals surface area contributed by atoms with E-state index in [1.807, 2.05) is 0 Å². The van der Waals surface area contributed by atoms with Crippen molar-refractivity contribution in [3.63, 3.8) is 0 Å². The minimum absolute atomic E-state index is 0.0926. The van der Waals surface area contributed by atoms with Gasteiger partial charge in [-0.1, -0.05) is 6.07 Å². The molecule has 0 aliphatic carbocycles. The summed E-state index contributed by atoms with van der Waals surface area (Å²) in [5.41, 5.74) is 0.990. The van der Waals surface area contributed by atoms with Crippen LogP contribution in [0.3, 0.4) is 0 Å². The number of aliphatic carboxylic acids is 1. The van der Waals surface area contributed by atoms with E-state index in [1.165, 1.54) is 23.5 Å². The Morgan fingerprint density at radius 1 is 1.07 bits per heavy atom. The first-order chi connectivity index (χ1) is 13.3. The second kappa shape index (κ2) is 8.22. The molecule has 28 heavy (non-hydrogen) atoms. The van der Waals surface area contributed by atoms with E-state index in [2.05, 4.69) is 10.3 Å². The summed E-state index contributed by atoms with van der Waals surface area (Å²) < 4.78 is 39.4. The van der Waals surface area contributed by atoms with E-state index in [0.717, 1.165) is 18.2 Å². The van der Waals surface area contributed by atoms with Crippen molar-refractivity contribution in [2.24, 2.45) is 0 Å². The predicted octanol–water partition coefficient (Wildman–Crippen LogP) is 3.71. The maximum atomic E-state index is 13.4. The van der Waals surface area contributed by atoms with Gasteiger partial charge in [-0.25, -0.2) is 22.9 Å². The molecule has 9 heteroatoms. The van der Waals surface area contributed by atoms with Crippen LogP contribution in [-0.2, 0) is 16.0 Å². The molecule has 0 radical (unpaired) electrons. The number of halogens is 3. The van der Waals surface area contributed by atoms with Gasteiger partial charge in [0, 0.05) is 10.9 Å². The third kappa shape index (κ3) is 4.55. The summed E-state index contributed by atoms with van der Waals surface area (Å²) in [4.78, 5) is 27.9. The number of rotatable bonds is 6. The molecule has 1 heterocycles. The minimum atomic E-state index is -1.53. The van der Waals surface area contributed by atoms with Crippen LogP contribution in [0.2, 0.25) is 0 Å². The highest BCUT2D eigenvalue weighted by Crippen LogP contribution is 2.24. The van der Waals surface area contributed by atoms with Crippen molar-refractivity contribution in [3.8, 4) is 10.6 Å². The molecule has 1 aromatic heterocycles. The number of hydrogen-bond donors (Lipinski definition) is 2. The van der Waals surface area contributed by atoms with Crippen LogP contribution >= 0.6 is 11.3 Å². The van der Waals surface area contributed by atoms with E-state index >= 15 is 0 Å². The highest BCUT2D eigenvalue weighted by atomic mass is 32.1. The van der Waals surface area contributed by atoms with E-state index < -0.39 is 29.6 Å². The Kier molecular flexibility index (Phi) is 5.74. The first kappa shape index (κ1) is 19.6. The Bertz CT molecular complexity index is 1020. The van der Waals surface area contributed by atoms with Crippen LogP contribution in [0.4, 0.5) is 13.2 Å². The molecule has 1 amide bonds. The molecule has 144 valence electrons. The van der Waals surface area contributed by atoms with Crippen molar-refractivity contribution in [3.05, 3.63) is 76.6 Å². The van der Waals surface area contributed by atoms with E-state index in [9.17, 15) is 27.9 Å². The lowest BCUT2D eigenvalue weighted by Crippen LogP contribution is -2.34. The molecule has 2 N–H and O–H groups in total. The second-order valence-corrected chi connectivity index (χ2v) is 6.70. The normalized spacial score (nSPS) is 11.8. The molecule has 0 bridgehead atoms.